The normalized spacial score (nSPS) is 31.2. The van der Waals surface area contributed by atoms with E-state index in [0.29, 0.717) is 18.2 Å². The Bertz CT molecular complexity index is 614. The van der Waals surface area contributed by atoms with Gasteiger partial charge in [-0.3, -0.25) is 4.99 Å². The summed E-state index contributed by atoms with van der Waals surface area (Å²) in [4.78, 5) is 4.33. The molecule has 4 nitrogen and oxygen atoms in total. The molecule has 4 rings (SSSR count). The van der Waals surface area contributed by atoms with Crippen molar-refractivity contribution in [3.05, 3.63) is 35.6 Å². The minimum atomic E-state index is -0.101. The second-order valence-electron chi connectivity index (χ2n) is 7.05. The molecule has 3 atom stereocenters. The molecule has 23 heavy (non-hydrogen) atoms. The van der Waals surface area contributed by atoms with Gasteiger partial charge in [0.1, 0.15) is 5.82 Å². The van der Waals surface area contributed by atoms with Crippen LogP contribution in [-0.2, 0) is 10.2 Å². The number of guanidine groups is 1. The molecular weight excluding hydrogens is 293 g/mol. The first-order chi connectivity index (χ1) is 11.2. The summed E-state index contributed by atoms with van der Waals surface area (Å²) in [6.07, 6.45) is 6.17. The highest BCUT2D eigenvalue weighted by atomic mass is 19.1. The summed E-state index contributed by atoms with van der Waals surface area (Å²) in [6.45, 7) is 0.718. The summed E-state index contributed by atoms with van der Waals surface area (Å²) in [5.41, 5.74) is 0.750. The van der Waals surface area contributed by atoms with Gasteiger partial charge in [0.2, 0.25) is 0 Å². The van der Waals surface area contributed by atoms with Crippen LogP contribution in [0, 0.1) is 5.82 Å². The van der Waals surface area contributed by atoms with Crippen LogP contribution in [0.5, 0.6) is 0 Å². The zero-order chi connectivity index (χ0) is 15.9. The summed E-state index contributed by atoms with van der Waals surface area (Å²) < 4.78 is 19.9. The van der Waals surface area contributed by atoms with Crippen LogP contribution in [0.1, 0.15) is 37.7 Å². The van der Waals surface area contributed by atoms with Gasteiger partial charge in [-0.05, 0) is 43.7 Å². The van der Waals surface area contributed by atoms with Crippen molar-refractivity contribution in [2.24, 2.45) is 4.99 Å². The summed E-state index contributed by atoms with van der Waals surface area (Å²) >= 11 is 0. The molecule has 3 aliphatic rings. The third-order valence-corrected chi connectivity index (χ3v) is 5.54. The molecule has 2 heterocycles. The highest BCUT2D eigenvalue weighted by Gasteiger charge is 2.46. The number of hydrogen-bond acceptors (Lipinski definition) is 2. The predicted octanol–water partition coefficient (Wildman–Crippen LogP) is 2.34. The fourth-order valence-electron chi connectivity index (χ4n) is 4.00. The van der Waals surface area contributed by atoms with Gasteiger partial charge in [-0.15, -0.1) is 0 Å². The smallest absolute Gasteiger partial charge is 0.191 e. The van der Waals surface area contributed by atoms with Gasteiger partial charge in [-0.25, -0.2) is 4.39 Å². The number of rotatable bonds is 4. The van der Waals surface area contributed by atoms with Crippen molar-refractivity contribution in [1.82, 2.24) is 10.6 Å². The van der Waals surface area contributed by atoms with Gasteiger partial charge >= 0.3 is 0 Å². The van der Waals surface area contributed by atoms with Crippen molar-refractivity contribution < 1.29 is 9.13 Å². The molecule has 5 heteroatoms. The quantitative estimate of drug-likeness (QED) is 0.662. The monoisotopic (exact) mass is 317 g/mol. The summed E-state index contributed by atoms with van der Waals surface area (Å²) in [7, 11) is 1.78. The first-order valence-corrected chi connectivity index (χ1v) is 8.58. The van der Waals surface area contributed by atoms with Crippen LogP contribution in [0.15, 0.2) is 29.3 Å². The Labute approximate surface area is 136 Å². The molecule has 0 amide bonds. The fraction of sp³-hybridized carbons (Fsp3) is 0.611. The summed E-state index contributed by atoms with van der Waals surface area (Å²) in [5.74, 6) is 0.699. The number of ether oxygens (including phenoxy) is 1. The molecule has 3 unspecified atom stereocenters. The van der Waals surface area contributed by atoms with Crippen molar-refractivity contribution >= 4 is 5.96 Å². The van der Waals surface area contributed by atoms with Crippen LogP contribution in [0.4, 0.5) is 4.39 Å². The number of fused-ring (bicyclic) bond motifs is 2. The number of halogens is 1. The molecule has 1 aliphatic carbocycles. The minimum absolute atomic E-state index is 0.0753. The van der Waals surface area contributed by atoms with Crippen molar-refractivity contribution in [2.45, 2.75) is 55.8 Å². The molecule has 0 radical (unpaired) electrons. The Balaban J connectivity index is 1.37. The molecule has 0 spiro atoms. The van der Waals surface area contributed by atoms with Gasteiger partial charge in [0.15, 0.2) is 5.96 Å². The lowest BCUT2D eigenvalue weighted by atomic mass is 9.95. The number of benzene rings is 1. The molecular formula is C18H24FN3O. The first-order valence-electron chi connectivity index (χ1n) is 8.58. The van der Waals surface area contributed by atoms with Crippen LogP contribution in [-0.4, -0.2) is 37.8 Å². The van der Waals surface area contributed by atoms with Crippen molar-refractivity contribution in [2.75, 3.05) is 13.6 Å². The van der Waals surface area contributed by atoms with Gasteiger partial charge in [-0.2, -0.15) is 0 Å². The lowest BCUT2D eigenvalue weighted by molar-refractivity contribution is 0.0992. The van der Waals surface area contributed by atoms with Crippen molar-refractivity contribution in [3.63, 3.8) is 0 Å². The maximum Gasteiger partial charge on any atom is 0.191 e. The molecule has 2 N–H and O–H groups in total. The van der Waals surface area contributed by atoms with Gasteiger partial charge in [0.05, 0.1) is 18.2 Å². The topological polar surface area (TPSA) is 45.7 Å². The van der Waals surface area contributed by atoms with Crippen LogP contribution in [0.2, 0.25) is 0 Å². The molecule has 2 saturated heterocycles. The second-order valence-corrected chi connectivity index (χ2v) is 7.05. The Hall–Kier alpha value is -1.62. The fourth-order valence-corrected chi connectivity index (χ4v) is 4.00. The van der Waals surface area contributed by atoms with Gasteiger partial charge in [0.25, 0.3) is 0 Å². The lowest BCUT2D eigenvalue weighted by Crippen LogP contribution is -2.49. The third-order valence-electron chi connectivity index (χ3n) is 5.54. The zero-order valence-corrected chi connectivity index (χ0v) is 13.5. The minimum Gasteiger partial charge on any atom is -0.373 e. The zero-order valence-electron chi connectivity index (χ0n) is 13.5. The molecule has 1 aromatic carbocycles. The van der Waals surface area contributed by atoms with Crippen molar-refractivity contribution in [1.29, 1.82) is 0 Å². The van der Waals surface area contributed by atoms with E-state index in [1.807, 2.05) is 12.1 Å². The number of hydrogen-bond donors (Lipinski definition) is 2. The largest absolute Gasteiger partial charge is 0.373 e. The third kappa shape index (κ3) is 2.82. The van der Waals surface area contributed by atoms with E-state index in [0.717, 1.165) is 43.8 Å². The molecule has 0 aromatic heterocycles. The average Bonchev–Trinajstić information content (AvgIpc) is 3.05. The Morgan fingerprint density at radius 1 is 1.35 bits per heavy atom. The van der Waals surface area contributed by atoms with Crippen LogP contribution < -0.4 is 10.6 Å². The number of aliphatic imine (C=N–C) groups is 1. The first kappa shape index (κ1) is 14.9. The molecule has 1 aromatic rings. The Morgan fingerprint density at radius 2 is 2.17 bits per heavy atom. The van der Waals surface area contributed by atoms with Gasteiger partial charge in [-0.1, -0.05) is 18.2 Å². The van der Waals surface area contributed by atoms with Gasteiger partial charge < -0.3 is 15.4 Å². The van der Waals surface area contributed by atoms with E-state index in [-0.39, 0.29) is 11.2 Å². The molecule has 2 aliphatic heterocycles. The van der Waals surface area contributed by atoms with E-state index in [4.69, 9.17) is 4.74 Å². The SMILES string of the molecule is CN=C(NCC1(c2ccccc2F)CC1)NC1CC2CCC1O2. The van der Waals surface area contributed by atoms with E-state index in [9.17, 15) is 4.39 Å². The van der Waals surface area contributed by atoms with Gasteiger partial charge in [0, 0.05) is 19.0 Å². The molecule has 3 fully saturated rings. The number of nitrogens with zero attached hydrogens (tertiary/aromatic N) is 1. The van der Waals surface area contributed by atoms with Crippen molar-refractivity contribution in [3.8, 4) is 0 Å². The van der Waals surface area contributed by atoms with E-state index >= 15 is 0 Å². The number of nitrogens with one attached hydrogen (secondary N) is 2. The summed E-state index contributed by atoms with van der Waals surface area (Å²) in [5, 5.41) is 6.88. The van der Waals surface area contributed by atoms with E-state index < -0.39 is 0 Å². The standard InChI is InChI=1S/C18H24FN3O/c1-20-17(22-15-10-12-6-7-16(15)23-12)21-11-18(8-9-18)13-4-2-3-5-14(13)19/h2-5,12,15-16H,6-11H2,1H3,(H2,20,21,22). The molecule has 2 bridgehead atoms. The van der Waals surface area contributed by atoms with E-state index in [1.165, 1.54) is 6.42 Å². The second kappa shape index (κ2) is 5.78. The molecule has 124 valence electrons. The van der Waals surface area contributed by atoms with E-state index in [2.05, 4.69) is 15.6 Å². The van der Waals surface area contributed by atoms with E-state index in [1.54, 1.807) is 19.2 Å². The summed E-state index contributed by atoms with van der Waals surface area (Å²) in [6, 6.07) is 7.47. The van der Waals surface area contributed by atoms with Crippen LogP contribution in [0.3, 0.4) is 0 Å². The predicted molar refractivity (Wildman–Crippen MR) is 88.1 cm³/mol. The average molecular weight is 317 g/mol. The molecule has 1 saturated carbocycles. The highest BCUT2D eigenvalue weighted by molar-refractivity contribution is 5.80. The van der Waals surface area contributed by atoms with Crippen LogP contribution >= 0.6 is 0 Å². The Kier molecular flexibility index (Phi) is 3.76. The lowest BCUT2D eigenvalue weighted by Gasteiger charge is -2.24. The maximum absolute atomic E-state index is 14.1. The maximum atomic E-state index is 14.1. The van der Waals surface area contributed by atoms with Crippen LogP contribution in [0.25, 0.3) is 0 Å². The Morgan fingerprint density at radius 3 is 2.78 bits per heavy atom. The highest BCUT2D eigenvalue weighted by Crippen LogP contribution is 2.48.